The van der Waals surface area contributed by atoms with Gasteiger partial charge < -0.3 is 5.32 Å². The largest absolute Gasteiger partial charge is 0.325 e. The molecule has 0 spiro atoms. The number of halogens is 1. The Balaban J connectivity index is 1.65. The highest BCUT2D eigenvalue weighted by atomic mass is 19.1. The van der Waals surface area contributed by atoms with Gasteiger partial charge >= 0.3 is 0 Å². The van der Waals surface area contributed by atoms with Crippen LogP contribution < -0.4 is 10.6 Å². The third-order valence-corrected chi connectivity index (χ3v) is 4.28. The maximum absolute atomic E-state index is 12.9. The topological polar surface area (TPSA) is 41.1 Å². The summed E-state index contributed by atoms with van der Waals surface area (Å²) in [5.41, 5.74) is 1.71. The highest BCUT2D eigenvalue weighted by Crippen LogP contribution is 2.20. The Kier molecular flexibility index (Phi) is 5.10. The minimum absolute atomic E-state index is 0.0265. The van der Waals surface area contributed by atoms with E-state index >= 15 is 0 Å². The van der Waals surface area contributed by atoms with Crippen LogP contribution in [0.4, 0.5) is 10.1 Å². The summed E-state index contributed by atoms with van der Waals surface area (Å²) in [5, 5.41) is 8.47. The summed E-state index contributed by atoms with van der Waals surface area (Å²) < 4.78 is 12.9. The van der Waals surface area contributed by atoms with Gasteiger partial charge in [0.1, 0.15) is 5.82 Å². The molecule has 128 valence electrons. The second kappa shape index (κ2) is 7.45. The Labute approximate surface area is 146 Å². The normalized spacial score (nSPS) is 13.4. The van der Waals surface area contributed by atoms with E-state index in [1.807, 2.05) is 26.0 Å². The Morgan fingerprint density at radius 3 is 2.32 bits per heavy atom. The lowest BCUT2D eigenvalue weighted by molar-refractivity contribution is -0.117. The molecule has 0 unspecified atom stereocenters. The number of hydrogen-bond acceptors (Lipinski definition) is 2. The number of anilines is 1. The summed E-state index contributed by atoms with van der Waals surface area (Å²) in [5.74, 6) is -0.478. The zero-order chi connectivity index (χ0) is 17.8. The molecule has 0 aliphatic heterocycles. The van der Waals surface area contributed by atoms with E-state index in [9.17, 15) is 9.18 Å². The first-order valence-corrected chi connectivity index (χ1v) is 8.34. The minimum atomic E-state index is -0.383. The number of hydrogen-bond donors (Lipinski definition) is 2. The van der Waals surface area contributed by atoms with Crippen LogP contribution in [0.1, 0.15) is 25.5 Å². The number of rotatable bonds is 5. The lowest BCUT2D eigenvalue weighted by Gasteiger charge is -2.20. The van der Waals surface area contributed by atoms with Crippen molar-refractivity contribution >= 4 is 22.4 Å². The fraction of sp³-hybridized carbons (Fsp3) is 0.190. The lowest BCUT2D eigenvalue weighted by atomic mass is 10.0. The van der Waals surface area contributed by atoms with E-state index in [1.54, 1.807) is 12.1 Å². The predicted octanol–water partition coefficient (Wildman–Crippen LogP) is 4.66. The van der Waals surface area contributed by atoms with Crippen molar-refractivity contribution < 1.29 is 9.18 Å². The van der Waals surface area contributed by atoms with E-state index in [1.165, 1.54) is 22.9 Å². The molecule has 1 amide bonds. The SMILES string of the molecule is C[C@H](N[C@@H](C)c1ccc2ccccc2c1)C(=O)Nc1ccc(F)cc1. The molecule has 0 saturated carbocycles. The summed E-state index contributed by atoms with van der Waals surface area (Å²) in [4.78, 5) is 12.3. The number of nitrogens with one attached hydrogen (secondary N) is 2. The molecular weight excluding hydrogens is 315 g/mol. The van der Waals surface area contributed by atoms with E-state index in [0.29, 0.717) is 5.69 Å². The Hall–Kier alpha value is -2.72. The summed E-state index contributed by atoms with van der Waals surface area (Å²) in [7, 11) is 0. The van der Waals surface area contributed by atoms with E-state index in [-0.39, 0.29) is 23.8 Å². The monoisotopic (exact) mass is 336 g/mol. The molecule has 3 nitrogen and oxygen atoms in total. The standard InChI is InChI=1S/C21H21FN2O/c1-14(17-8-7-16-5-3-4-6-18(16)13-17)23-15(2)21(25)24-20-11-9-19(22)10-12-20/h3-15,23H,1-2H3,(H,24,25)/t14-,15-/m0/s1. The molecule has 0 bridgehead atoms. The molecule has 3 rings (SSSR count). The molecule has 4 heteroatoms. The Morgan fingerprint density at radius 2 is 1.60 bits per heavy atom. The molecular formula is C21H21FN2O. The predicted molar refractivity (Wildman–Crippen MR) is 100.0 cm³/mol. The molecule has 0 fully saturated rings. The van der Waals surface area contributed by atoms with Gasteiger partial charge in [-0.3, -0.25) is 10.1 Å². The van der Waals surface area contributed by atoms with Crippen molar-refractivity contribution in [3.8, 4) is 0 Å². The number of carbonyl (C=O) groups is 1. The first-order valence-electron chi connectivity index (χ1n) is 8.34. The van der Waals surface area contributed by atoms with E-state index in [4.69, 9.17) is 0 Å². The smallest absolute Gasteiger partial charge is 0.241 e. The van der Waals surface area contributed by atoms with Gasteiger partial charge in [0.05, 0.1) is 6.04 Å². The molecule has 0 aliphatic carbocycles. The second-order valence-electron chi connectivity index (χ2n) is 6.21. The van der Waals surface area contributed by atoms with Crippen LogP contribution in [-0.2, 0) is 4.79 Å². The fourth-order valence-corrected chi connectivity index (χ4v) is 2.81. The minimum Gasteiger partial charge on any atom is -0.325 e. The van der Waals surface area contributed by atoms with Crippen LogP contribution in [-0.4, -0.2) is 11.9 Å². The van der Waals surface area contributed by atoms with Crippen LogP contribution in [0.25, 0.3) is 10.8 Å². The maximum Gasteiger partial charge on any atom is 0.241 e. The number of amides is 1. The quantitative estimate of drug-likeness (QED) is 0.712. The first-order chi connectivity index (χ1) is 12.0. The van der Waals surface area contributed by atoms with E-state index in [0.717, 1.165) is 5.56 Å². The second-order valence-corrected chi connectivity index (χ2v) is 6.21. The average Bonchev–Trinajstić information content (AvgIpc) is 2.63. The zero-order valence-corrected chi connectivity index (χ0v) is 14.3. The Bertz CT molecular complexity index is 876. The zero-order valence-electron chi connectivity index (χ0n) is 14.3. The molecule has 3 aromatic carbocycles. The van der Waals surface area contributed by atoms with Crippen LogP contribution >= 0.6 is 0 Å². The third-order valence-electron chi connectivity index (χ3n) is 4.28. The summed E-state index contributed by atoms with van der Waals surface area (Å²) >= 11 is 0. The fourth-order valence-electron chi connectivity index (χ4n) is 2.81. The summed E-state index contributed by atoms with van der Waals surface area (Å²) in [6.45, 7) is 3.85. The van der Waals surface area contributed by atoms with Gasteiger partial charge in [-0.15, -0.1) is 0 Å². The van der Waals surface area contributed by atoms with Gasteiger partial charge in [0, 0.05) is 11.7 Å². The van der Waals surface area contributed by atoms with Gasteiger partial charge in [-0.2, -0.15) is 0 Å². The molecule has 2 atom stereocenters. The molecule has 0 heterocycles. The van der Waals surface area contributed by atoms with E-state index < -0.39 is 0 Å². The first kappa shape index (κ1) is 17.1. The molecule has 0 aliphatic rings. The number of benzene rings is 3. The van der Waals surface area contributed by atoms with Crippen molar-refractivity contribution in [3.63, 3.8) is 0 Å². The number of fused-ring (bicyclic) bond motifs is 1. The molecule has 0 saturated heterocycles. The summed E-state index contributed by atoms with van der Waals surface area (Å²) in [6.07, 6.45) is 0. The van der Waals surface area contributed by atoms with Crippen LogP contribution in [0.2, 0.25) is 0 Å². The van der Waals surface area contributed by atoms with Crippen molar-refractivity contribution in [2.24, 2.45) is 0 Å². The molecule has 25 heavy (non-hydrogen) atoms. The summed E-state index contributed by atoms with van der Waals surface area (Å²) in [6, 6.07) is 19.9. The third kappa shape index (κ3) is 4.22. The molecule has 3 aromatic rings. The van der Waals surface area contributed by atoms with Crippen LogP contribution in [0.5, 0.6) is 0 Å². The van der Waals surface area contributed by atoms with Crippen molar-refractivity contribution in [2.45, 2.75) is 25.9 Å². The van der Waals surface area contributed by atoms with Crippen LogP contribution in [0, 0.1) is 5.82 Å². The van der Waals surface area contributed by atoms with Gasteiger partial charge in [-0.25, -0.2) is 4.39 Å². The average molecular weight is 336 g/mol. The van der Waals surface area contributed by atoms with Gasteiger partial charge in [0.2, 0.25) is 5.91 Å². The van der Waals surface area contributed by atoms with E-state index in [2.05, 4.69) is 41.0 Å². The van der Waals surface area contributed by atoms with Crippen molar-refractivity contribution in [1.29, 1.82) is 0 Å². The molecule has 0 aromatic heterocycles. The van der Waals surface area contributed by atoms with Gasteiger partial charge in [-0.1, -0.05) is 36.4 Å². The highest BCUT2D eigenvalue weighted by molar-refractivity contribution is 5.94. The van der Waals surface area contributed by atoms with Gasteiger partial charge in [0.25, 0.3) is 0 Å². The van der Waals surface area contributed by atoms with Crippen molar-refractivity contribution in [2.75, 3.05) is 5.32 Å². The number of carbonyl (C=O) groups excluding carboxylic acids is 1. The molecule has 2 N–H and O–H groups in total. The van der Waals surface area contributed by atoms with Gasteiger partial charge in [-0.05, 0) is 60.5 Å². The van der Waals surface area contributed by atoms with Crippen molar-refractivity contribution in [1.82, 2.24) is 5.32 Å². The van der Waals surface area contributed by atoms with Crippen molar-refractivity contribution in [3.05, 3.63) is 78.1 Å². The maximum atomic E-state index is 12.9. The van der Waals surface area contributed by atoms with Gasteiger partial charge in [0.15, 0.2) is 0 Å². The van der Waals surface area contributed by atoms with Crippen LogP contribution in [0.15, 0.2) is 66.7 Å². The Morgan fingerprint density at radius 1 is 0.920 bits per heavy atom. The lowest BCUT2D eigenvalue weighted by Crippen LogP contribution is -2.39. The van der Waals surface area contributed by atoms with Crippen LogP contribution in [0.3, 0.4) is 0 Å². The highest BCUT2D eigenvalue weighted by Gasteiger charge is 2.16. The molecule has 0 radical (unpaired) electrons.